The van der Waals surface area contributed by atoms with Crippen molar-refractivity contribution in [2.45, 2.75) is 65.8 Å². The molecule has 1 unspecified atom stereocenters. The highest BCUT2D eigenvalue weighted by Crippen LogP contribution is 2.48. The lowest BCUT2D eigenvalue weighted by molar-refractivity contribution is 0.271. The molecule has 4 rings (SSSR count). The Morgan fingerprint density at radius 2 is 1.57 bits per heavy atom. The first kappa shape index (κ1) is 18.9. The molecule has 3 heteroatoms. The van der Waals surface area contributed by atoms with Gasteiger partial charge in [0.1, 0.15) is 5.69 Å². The quantitative estimate of drug-likeness (QED) is 0.517. The molecule has 0 radical (unpaired) electrons. The Hall–Kier alpha value is -2.42. The summed E-state index contributed by atoms with van der Waals surface area (Å²) < 4.78 is 2.11. The van der Waals surface area contributed by atoms with Gasteiger partial charge in [-0.05, 0) is 49.7 Å². The second-order valence-electron chi connectivity index (χ2n) is 9.71. The van der Waals surface area contributed by atoms with Crippen molar-refractivity contribution in [1.29, 1.82) is 0 Å². The van der Waals surface area contributed by atoms with Crippen molar-refractivity contribution >= 4 is 0 Å². The molecule has 146 valence electrons. The first-order valence-electron chi connectivity index (χ1n) is 10.4. The zero-order valence-electron chi connectivity index (χ0n) is 18.0. The Labute approximate surface area is 168 Å². The number of hydrogen-bond donors (Lipinski definition) is 0. The number of benzene rings is 2. The van der Waals surface area contributed by atoms with Crippen LogP contribution in [0.25, 0.3) is 22.5 Å². The fourth-order valence-electron chi connectivity index (χ4n) is 4.39. The van der Waals surface area contributed by atoms with E-state index >= 15 is 0 Å². The van der Waals surface area contributed by atoms with Crippen molar-refractivity contribution < 1.29 is 0 Å². The van der Waals surface area contributed by atoms with E-state index in [2.05, 4.69) is 105 Å². The molecule has 3 nitrogen and oxygen atoms in total. The van der Waals surface area contributed by atoms with Crippen LogP contribution < -0.4 is 0 Å². The fraction of sp³-hybridized carbons (Fsp3) is 0.440. The first-order chi connectivity index (χ1) is 13.2. The maximum atomic E-state index is 4.69. The van der Waals surface area contributed by atoms with E-state index < -0.39 is 0 Å². The lowest BCUT2D eigenvalue weighted by Gasteiger charge is -2.37. The Morgan fingerprint density at radius 1 is 0.929 bits per heavy atom. The van der Waals surface area contributed by atoms with Gasteiger partial charge >= 0.3 is 0 Å². The molecule has 0 N–H and O–H groups in total. The van der Waals surface area contributed by atoms with E-state index in [1.807, 2.05) is 0 Å². The summed E-state index contributed by atoms with van der Waals surface area (Å²) in [6.07, 6.45) is 2.16. The van der Waals surface area contributed by atoms with Gasteiger partial charge in [-0.3, -0.25) is 0 Å². The molecule has 0 saturated heterocycles. The van der Waals surface area contributed by atoms with Gasteiger partial charge in [-0.2, -0.15) is 0 Å². The molecule has 1 aliphatic rings. The zero-order chi connectivity index (χ0) is 20.1. The second-order valence-corrected chi connectivity index (χ2v) is 9.71. The van der Waals surface area contributed by atoms with E-state index in [4.69, 9.17) is 0 Å². The third-order valence-corrected chi connectivity index (χ3v) is 6.45. The van der Waals surface area contributed by atoms with E-state index in [0.29, 0.717) is 5.92 Å². The lowest BCUT2D eigenvalue weighted by atomic mass is 9.68. The third kappa shape index (κ3) is 2.97. The molecule has 28 heavy (non-hydrogen) atoms. The van der Waals surface area contributed by atoms with Crippen LogP contribution in [0.5, 0.6) is 0 Å². The van der Waals surface area contributed by atoms with E-state index in [1.165, 1.54) is 22.3 Å². The third-order valence-electron chi connectivity index (χ3n) is 6.45. The summed E-state index contributed by atoms with van der Waals surface area (Å²) >= 11 is 0. The van der Waals surface area contributed by atoms with Crippen LogP contribution in [0.2, 0.25) is 0 Å². The van der Waals surface area contributed by atoms with E-state index in [9.17, 15) is 0 Å². The number of fused-ring (bicyclic) bond motifs is 5. The van der Waals surface area contributed by atoms with Crippen LogP contribution >= 0.6 is 0 Å². The number of aromatic nitrogens is 3. The minimum Gasteiger partial charge on any atom is -0.239 e. The molecular formula is C25H31N3. The Balaban J connectivity index is 2.11. The van der Waals surface area contributed by atoms with Gasteiger partial charge in [0.2, 0.25) is 0 Å². The maximum Gasteiger partial charge on any atom is 0.121 e. The van der Waals surface area contributed by atoms with E-state index in [1.54, 1.807) is 0 Å². The van der Waals surface area contributed by atoms with Crippen LogP contribution in [0.4, 0.5) is 0 Å². The largest absolute Gasteiger partial charge is 0.239 e. The summed E-state index contributed by atoms with van der Waals surface area (Å²) in [4.78, 5) is 0. The van der Waals surface area contributed by atoms with Gasteiger partial charge in [0.15, 0.2) is 0 Å². The van der Waals surface area contributed by atoms with Crippen molar-refractivity contribution in [1.82, 2.24) is 15.0 Å². The molecule has 3 aromatic rings. The molecule has 1 atom stereocenters. The topological polar surface area (TPSA) is 30.7 Å². The number of rotatable bonds is 2. The molecule has 1 aliphatic carbocycles. The zero-order valence-corrected chi connectivity index (χ0v) is 18.0. The van der Waals surface area contributed by atoms with E-state index in [-0.39, 0.29) is 11.0 Å². The van der Waals surface area contributed by atoms with Gasteiger partial charge in [-0.25, -0.2) is 4.68 Å². The molecule has 0 spiro atoms. The predicted molar refractivity (Wildman–Crippen MR) is 116 cm³/mol. The molecule has 0 bridgehead atoms. The monoisotopic (exact) mass is 373 g/mol. The SMILES string of the molecule is CCC(C)(C)C1Cc2ccccc2-c2nnn(C(C)(C)C)c2-c2ccccc21. The lowest BCUT2D eigenvalue weighted by Crippen LogP contribution is -2.27. The second kappa shape index (κ2) is 6.58. The van der Waals surface area contributed by atoms with Gasteiger partial charge in [0, 0.05) is 11.1 Å². The van der Waals surface area contributed by atoms with Crippen molar-refractivity contribution in [2.75, 3.05) is 0 Å². The molecule has 1 heterocycles. The summed E-state index contributed by atoms with van der Waals surface area (Å²) in [5, 5.41) is 9.31. The van der Waals surface area contributed by atoms with E-state index in [0.717, 1.165) is 24.2 Å². The Kier molecular flexibility index (Phi) is 4.45. The Morgan fingerprint density at radius 3 is 2.25 bits per heavy atom. The summed E-state index contributed by atoms with van der Waals surface area (Å²) in [5.41, 5.74) is 7.48. The van der Waals surface area contributed by atoms with Gasteiger partial charge in [-0.1, -0.05) is 80.9 Å². The molecule has 0 aliphatic heterocycles. The highest BCUT2D eigenvalue weighted by atomic mass is 15.5. The molecule has 0 fully saturated rings. The standard InChI is InChI=1S/C25H31N3/c1-7-25(5,6)21-16-17-12-8-9-13-18(17)22-23(20-15-11-10-14-19(20)21)28(27-26-22)24(2,3)4/h8-15,21H,7,16H2,1-6H3. The van der Waals surface area contributed by atoms with Crippen LogP contribution in [0.1, 0.15) is 65.0 Å². The normalized spacial score (nSPS) is 16.6. The predicted octanol–water partition coefficient (Wildman–Crippen LogP) is 6.44. The van der Waals surface area contributed by atoms with Crippen molar-refractivity contribution in [2.24, 2.45) is 5.41 Å². The van der Waals surface area contributed by atoms with Gasteiger partial charge in [0.25, 0.3) is 0 Å². The summed E-state index contributed by atoms with van der Waals surface area (Å²) in [6, 6.07) is 17.6. The average Bonchev–Trinajstić information content (AvgIpc) is 3.10. The van der Waals surface area contributed by atoms with Crippen molar-refractivity contribution in [3.05, 3.63) is 59.7 Å². The summed E-state index contributed by atoms with van der Waals surface area (Å²) in [7, 11) is 0. The first-order valence-corrected chi connectivity index (χ1v) is 10.4. The molecule has 2 aromatic carbocycles. The number of hydrogen-bond acceptors (Lipinski definition) is 2. The number of nitrogens with zero attached hydrogens (tertiary/aromatic N) is 3. The average molecular weight is 374 g/mol. The fourth-order valence-corrected chi connectivity index (χ4v) is 4.39. The Bertz CT molecular complexity index is 1000. The van der Waals surface area contributed by atoms with Crippen LogP contribution in [0.3, 0.4) is 0 Å². The minimum atomic E-state index is -0.141. The minimum absolute atomic E-state index is 0.141. The van der Waals surface area contributed by atoms with Crippen molar-refractivity contribution in [3.8, 4) is 22.5 Å². The summed E-state index contributed by atoms with van der Waals surface area (Å²) in [6.45, 7) is 13.7. The summed E-state index contributed by atoms with van der Waals surface area (Å²) in [5.74, 6) is 0.436. The maximum absolute atomic E-state index is 4.69. The van der Waals surface area contributed by atoms with Crippen LogP contribution in [0.15, 0.2) is 48.5 Å². The molecule has 1 aromatic heterocycles. The highest BCUT2D eigenvalue weighted by Gasteiger charge is 2.36. The van der Waals surface area contributed by atoms with Gasteiger partial charge < -0.3 is 0 Å². The van der Waals surface area contributed by atoms with Crippen molar-refractivity contribution in [3.63, 3.8) is 0 Å². The van der Waals surface area contributed by atoms with Crippen LogP contribution in [-0.4, -0.2) is 15.0 Å². The van der Waals surface area contributed by atoms with Gasteiger partial charge in [0.05, 0.1) is 11.2 Å². The van der Waals surface area contributed by atoms with Crippen LogP contribution in [-0.2, 0) is 12.0 Å². The highest BCUT2D eigenvalue weighted by molar-refractivity contribution is 5.83. The molecular weight excluding hydrogens is 342 g/mol. The van der Waals surface area contributed by atoms with Gasteiger partial charge in [-0.15, -0.1) is 5.10 Å². The molecule has 0 amide bonds. The van der Waals surface area contributed by atoms with Crippen LogP contribution in [0, 0.1) is 5.41 Å². The smallest absolute Gasteiger partial charge is 0.121 e. The molecule has 0 saturated carbocycles.